The summed E-state index contributed by atoms with van der Waals surface area (Å²) in [7, 11) is 1.71. The van der Waals surface area contributed by atoms with Gasteiger partial charge in [-0.15, -0.1) is 0 Å². The summed E-state index contributed by atoms with van der Waals surface area (Å²) in [5, 5.41) is 0. The van der Waals surface area contributed by atoms with Crippen LogP contribution in [0.2, 0.25) is 0 Å². The molecule has 1 unspecified atom stereocenters. The number of methoxy groups -OCH3 is 1. The smallest absolute Gasteiger partial charge is 0.122 e. The minimum atomic E-state index is 0.155. The molecule has 0 saturated heterocycles. The van der Waals surface area contributed by atoms with Gasteiger partial charge in [0.1, 0.15) is 5.75 Å². The Labute approximate surface area is 127 Å². The summed E-state index contributed by atoms with van der Waals surface area (Å²) in [5.74, 6) is 0.936. The van der Waals surface area contributed by atoms with Crippen molar-refractivity contribution in [3.8, 4) is 5.75 Å². The molecule has 0 bridgehead atoms. The van der Waals surface area contributed by atoms with Crippen molar-refractivity contribution in [2.45, 2.75) is 39.2 Å². The summed E-state index contributed by atoms with van der Waals surface area (Å²) in [6.45, 7) is 4.21. The third kappa shape index (κ3) is 4.61. The van der Waals surface area contributed by atoms with Gasteiger partial charge in [0.05, 0.1) is 7.11 Å². The SMILES string of the molecule is COc1ccc(C)cc1CC(N)CCc1ccc(C)cc1. The molecule has 0 amide bonds. The third-order valence-corrected chi connectivity index (χ3v) is 3.84. The highest BCUT2D eigenvalue weighted by atomic mass is 16.5. The van der Waals surface area contributed by atoms with Crippen LogP contribution >= 0.6 is 0 Å². The van der Waals surface area contributed by atoms with Crippen molar-refractivity contribution < 1.29 is 4.74 Å². The second-order valence-electron chi connectivity index (χ2n) is 5.80. The molecule has 0 aliphatic carbocycles. The zero-order valence-corrected chi connectivity index (χ0v) is 13.2. The van der Waals surface area contributed by atoms with Crippen LogP contribution in [-0.4, -0.2) is 13.2 Å². The van der Waals surface area contributed by atoms with E-state index in [1.165, 1.54) is 22.3 Å². The van der Waals surface area contributed by atoms with E-state index in [1.807, 2.05) is 6.07 Å². The lowest BCUT2D eigenvalue weighted by molar-refractivity contribution is 0.407. The van der Waals surface area contributed by atoms with Crippen molar-refractivity contribution in [3.05, 3.63) is 64.7 Å². The van der Waals surface area contributed by atoms with E-state index in [1.54, 1.807) is 7.11 Å². The molecule has 0 aromatic heterocycles. The number of hydrogen-bond donors (Lipinski definition) is 1. The normalized spacial score (nSPS) is 12.2. The van der Waals surface area contributed by atoms with E-state index in [0.29, 0.717) is 0 Å². The first kappa shape index (κ1) is 15.6. The highest BCUT2D eigenvalue weighted by Gasteiger charge is 2.09. The predicted octanol–water partition coefficient (Wildman–Crippen LogP) is 3.81. The molecule has 112 valence electrons. The molecule has 2 N–H and O–H groups in total. The summed E-state index contributed by atoms with van der Waals surface area (Å²) in [6.07, 6.45) is 2.87. The van der Waals surface area contributed by atoms with Crippen LogP contribution in [0.5, 0.6) is 5.75 Å². The van der Waals surface area contributed by atoms with Gasteiger partial charge in [0, 0.05) is 6.04 Å². The molecule has 0 aliphatic heterocycles. The van der Waals surface area contributed by atoms with Crippen LogP contribution in [0.25, 0.3) is 0 Å². The summed E-state index contributed by atoms with van der Waals surface area (Å²) in [4.78, 5) is 0. The monoisotopic (exact) mass is 283 g/mol. The van der Waals surface area contributed by atoms with Crippen LogP contribution in [0, 0.1) is 13.8 Å². The van der Waals surface area contributed by atoms with Crippen LogP contribution in [0.15, 0.2) is 42.5 Å². The zero-order valence-electron chi connectivity index (χ0n) is 13.2. The van der Waals surface area contributed by atoms with Crippen molar-refractivity contribution in [2.24, 2.45) is 5.73 Å². The first-order valence-corrected chi connectivity index (χ1v) is 7.53. The average Bonchev–Trinajstić information content (AvgIpc) is 2.47. The Hall–Kier alpha value is -1.80. The Morgan fingerprint density at radius 2 is 1.67 bits per heavy atom. The molecule has 0 spiro atoms. The maximum atomic E-state index is 6.30. The van der Waals surface area contributed by atoms with E-state index in [0.717, 1.165) is 25.0 Å². The standard InChI is InChI=1S/C19H25NO/c1-14-4-7-16(8-5-14)9-10-18(20)13-17-12-15(2)6-11-19(17)21-3/h4-8,11-12,18H,9-10,13,20H2,1-3H3. The van der Waals surface area contributed by atoms with Crippen LogP contribution < -0.4 is 10.5 Å². The van der Waals surface area contributed by atoms with E-state index in [4.69, 9.17) is 10.5 Å². The Bertz CT molecular complexity index is 575. The Morgan fingerprint density at radius 1 is 1.00 bits per heavy atom. The first-order chi connectivity index (χ1) is 10.1. The number of benzene rings is 2. The van der Waals surface area contributed by atoms with Gasteiger partial charge in [0.2, 0.25) is 0 Å². The Morgan fingerprint density at radius 3 is 2.33 bits per heavy atom. The van der Waals surface area contributed by atoms with Gasteiger partial charge < -0.3 is 10.5 Å². The van der Waals surface area contributed by atoms with Gasteiger partial charge in [-0.1, -0.05) is 47.5 Å². The van der Waals surface area contributed by atoms with E-state index < -0.39 is 0 Å². The summed E-state index contributed by atoms with van der Waals surface area (Å²) in [6, 6.07) is 15.1. The fraction of sp³-hybridized carbons (Fsp3) is 0.368. The van der Waals surface area contributed by atoms with Crippen LogP contribution in [0.3, 0.4) is 0 Å². The van der Waals surface area contributed by atoms with E-state index in [-0.39, 0.29) is 6.04 Å². The maximum absolute atomic E-state index is 6.30. The molecule has 2 heteroatoms. The van der Waals surface area contributed by atoms with Crippen molar-refractivity contribution in [1.29, 1.82) is 0 Å². The van der Waals surface area contributed by atoms with Gasteiger partial charge in [0.15, 0.2) is 0 Å². The molecule has 2 aromatic carbocycles. The molecule has 2 aromatic rings. The molecule has 0 radical (unpaired) electrons. The molecule has 2 rings (SSSR count). The minimum absolute atomic E-state index is 0.155. The minimum Gasteiger partial charge on any atom is -0.496 e. The van der Waals surface area contributed by atoms with Crippen molar-refractivity contribution in [3.63, 3.8) is 0 Å². The summed E-state index contributed by atoms with van der Waals surface area (Å²) >= 11 is 0. The summed E-state index contributed by atoms with van der Waals surface area (Å²) in [5.41, 5.74) is 11.4. The lowest BCUT2D eigenvalue weighted by Gasteiger charge is -2.15. The molecule has 0 heterocycles. The van der Waals surface area contributed by atoms with Gasteiger partial charge in [-0.25, -0.2) is 0 Å². The van der Waals surface area contributed by atoms with Crippen molar-refractivity contribution in [2.75, 3.05) is 7.11 Å². The largest absolute Gasteiger partial charge is 0.496 e. The number of rotatable bonds is 6. The third-order valence-electron chi connectivity index (χ3n) is 3.84. The highest BCUT2D eigenvalue weighted by Crippen LogP contribution is 2.21. The molecule has 2 nitrogen and oxygen atoms in total. The zero-order chi connectivity index (χ0) is 15.2. The van der Waals surface area contributed by atoms with Gasteiger partial charge in [-0.3, -0.25) is 0 Å². The fourth-order valence-corrected chi connectivity index (χ4v) is 2.56. The van der Waals surface area contributed by atoms with E-state index in [9.17, 15) is 0 Å². The van der Waals surface area contributed by atoms with Crippen molar-refractivity contribution >= 4 is 0 Å². The van der Waals surface area contributed by atoms with Crippen LogP contribution in [0.1, 0.15) is 28.7 Å². The maximum Gasteiger partial charge on any atom is 0.122 e. The Kier molecular flexibility index (Phi) is 5.40. The van der Waals surface area contributed by atoms with Gasteiger partial charge in [-0.05, 0) is 50.3 Å². The number of ether oxygens (including phenoxy) is 1. The molecule has 0 saturated carbocycles. The average molecular weight is 283 g/mol. The summed E-state index contributed by atoms with van der Waals surface area (Å²) < 4.78 is 5.42. The number of nitrogens with two attached hydrogens (primary N) is 1. The molecular formula is C19H25NO. The molecule has 1 atom stereocenters. The van der Waals surface area contributed by atoms with E-state index >= 15 is 0 Å². The van der Waals surface area contributed by atoms with Crippen molar-refractivity contribution in [1.82, 2.24) is 0 Å². The second kappa shape index (κ2) is 7.28. The highest BCUT2D eigenvalue weighted by molar-refractivity contribution is 5.37. The molecule has 21 heavy (non-hydrogen) atoms. The van der Waals surface area contributed by atoms with E-state index in [2.05, 4.69) is 50.2 Å². The first-order valence-electron chi connectivity index (χ1n) is 7.53. The van der Waals surface area contributed by atoms with Gasteiger partial charge >= 0.3 is 0 Å². The predicted molar refractivity (Wildman–Crippen MR) is 88.9 cm³/mol. The molecule has 0 aliphatic rings. The lowest BCUT2D eigenvalue weighted by atomic mass is 9.98. The molecular weight excluding hydrogens is 258 g/mol. The van der Waals surface area contributed by atoms with Crippen LogP contribution in [-0.2, 0) is 12.8 Å². The lowest BCUT2D eigenvalue weighted by Crippen LogP contribution is -2.23. The number of hydrogen-bond acceptors (Lipinski definition) is 2. The van der Waals surface area contributed by atoms with Gasteiger partial charge in [0.25, 0.3) is 0 Å². The van der Waals surface area contributed by atoms with Crippen LogP contribution in [0.4, 0.5) is 0 Å². The topological polar surface area (TPSA) is 35.2 Å². The number of aryl methyl sites for hydroxylation is 3. The van der Waals surface area contributed by atoms with Gasteiger partial charge in [-0.2, -0.15) is 0 Å². The fourth-order valence-electron chi connectivity index (χ4n) is 2.56. The quantitative estimate of drug-likeness (QED) is 0.875. The molecule has 0 fully saturated rings. The Balaban J connectivity index is 1.94. The second-order valence-corrected chi connectivity index (χ2v) is 5.80.